The Labute approximate surface area is 103 Å². The van der Waals surface area contributed by atoms with Gasteiger partial charge >= 0.3 is 0 Å². The van der Waals surface area contributed by atoms with Crippen molar-refractivity contribution in [3.05, 3.63) is 29.8 Å². The molecule has 0 aromatic heterocycles. The molecule has 0 amide bonds. The van der Waals surface area contributed by atoms with E-state index >= 15 is 0 Å². The highest BCUT2D eigenvalue weighted by molar-refractivity contribution is 5.28. The topological polar surface area (TPSA) is 30.5 Å². The molecule has 0 bridgehead atoms. The van der Waals surface area contributed by atoms with Crippen molar-refractivity contribution in [1.82, 2.24) is 5.32 Å². The molecule has 1 N–H and O–H groups in total. The maximum absolute atomic E-state index is 5.59. The zero-order valence-corrected chi connectivity index (χ0v) is 10.6. The minimum atomic E-state index is 0.352. The number of rotatable bonds is 5. The van der Waals surface area contributed by atoms with Gasteiger partial charge in [-0.3, -0.25) is 0 Å². The van der Waals surface area contributed by atoms with Gasteiger partial charge in [0, 0.05) is 19.2 Å². The molecule has 1 saturated heterocycles. The first-order chi connectivity index (χ1) is 8.29. The van der Waals surface area contributed by atoms with E-state index in [4.69, 9.17) is 9.47 Å². The second-order valence-corrected chi connectivity index (χ2v) is 4.54. The van der Waals surface area contributed by atoms with Crippen molar-refractivity contribution in [2.75, 3.05) is 20.3 Å². The third kappa shape index (κ3) is 3.45. The fourth-order valence-corrected chi connectivity index (χ4v) is 2.12. The van der Waals surface area contributed by atoms with E-state index in [0.29, 0.717) is 12.1 Å². The molecule has 3 heteroatoms. The second-order valence-electron chi connectivity index (χ2n) is 4.54. The molecule has 94 valence electrons. The van der Waals surface area contributed by atoms with E-state index in [1.807, 2.05) is 12.1 Å². The van der Waals surface area contributed by atoms with Crippen LogP contribution in [-0.2, 0) is 4.74 Å². The Balaban J connectivity index is 1.83. The summed E-state index contributed by atoms with van der Waals surface area (Å²) in [6, 6.07) is 8.56. The van der Waals surface area contributed by atoms with Gasteiger partial charge in [-0.05, 0) is 37.5 Å². The van der Waals surface area contributed by atoms with Gasteiger partial charge in [0.1, 0.15) is 5.75 Å². The van der Waals surface area contributed by atoms with Gasteiger partial charge in [-0.15, -0.1) is 0 Å². The van der Waals surface area contributed by atoms with Gasteiger partial charge in [-0.1, -0.05) is 12.1 Å². The minimum Gasteiger partial charge on any atom is -0.497 e. The number of hydrogen-bond donors (Lipinski definition) is 1. The van der Waals surface area contributed by atoms with Crippen LogP contribution in [0, 0.1) is 0 Å². The van der Waals surface area contributed by atoms with Crippen LogP contribution in [-0.4, -0.2) is 26.4 Å². The molecule has 1 fully saturated rings. The first-order valence-corrected chi connectivity index (χ1v) is 6.28. The summed E-state index contributed by atoms with van der Waals surface area (Å²) < 4.78 is 10.7. The highest BCUT2D eigenvalue weighted by Crippen LogP contribution is 2.18. The van der Waals surface area contributed by atoms with Gasteiger partial charge in [0.15, 0.2) is 0 Å². The molecule has 1 aliphatic rings. The molecule has 0 unspecified atom stereocenters. The summed E-state index contributed by atoms with van der Waals surface area (Å²) in [5.41, 5.74) is 1.28. The predicted octanol–water partition coefficient (Wildman–Crippen LogP) is 2.52. The van der Waals surface area contributed by atoms with Crippen molar-refractivity contribution in [1.29, 1.82) is 0 Å². The number of hydrogen-bond acceptors (Lipinski definition) is 3. The van der Waals surface area contributed by atoms with Gasteiger partial charge in [-0.2, -0.15) is 0 Å². The van der Waals surface area contributed by atoms with Crippen LogP contribution in [0.5, 0.6) is 5.75 Å². The zero-order valence-electron chi connectivity index (χ0n) is 10.6. The fourth-order valence-electron chi connectivity index (χ4n) is 2.12. The maximum atomic E-state index is 5.59. The highest BCUT2D eigenvalue weighted by atomic mass is 16.5. The Morgan fingerprint density at radius 3 is 2.76 bits per heavy atom. The number of methoxy groups -OCH3 is 1. The van der Waals surface area contributed by atoms with Gasteiger partial charge in [-0.25, -0.2) is 0 Å². The summed E-state index contributed by atoms with van der Waals surface area (Å²) in [4.78, 5) is 0. The summed E-state index contributed by atoms with van der Waals surface area (Å²) in [5, 5.41) is 3.51. The quantitative estimate of drug-likeness (QED) is 0.850. The molecule has 0 aliphatic carbocycles. The smallest absolute Gasteiger partial charge is 0.118 e. The number of ether oxygens (including phenoxy) is 2. The molecule has 1 aromatic rings. The number of nitrogens with one attached hydrogen (secondary N) is 1. The van der Waals surface area contributed by atoms with Crippen LogP contribution in [0.25, 0.3) is 0 Å². The lowest BCUT2D eigenvalue weighted by molar-refractivity contribution is 0.108. The van der Waals surface area contributed by atoms with Crippen LogP contribution < -0.4 is 10.1 Å². The molecule has 0 radical (unpaired) electrons. The minimum absolute atomic E-state index is 0.352. The normalized spacial score (nSPS) is 21.4. The molecule has 1 aliphatic heterocycles. The lowest BCUT2D eigenvalue weighted by Gasteiger charge is -2.17. The molecule has 0 spiro atoms. The van der Waals surface area contributed by atoms with E-state index < -0.39 is 0 Å². The molecule has 0 saturated carbocycles. The summed E-state index contributed by atoms with van der Waals surface area (Å²) in [5.74, 6) is 0.903. The SMILES string of the molecule is COc1ccc([C@H](C)NC[C@H]2CCCO2)cc1. The van der Waals surface area contributed by atoms with E-state index in [1.165, 1.54) is 18.4 Å². The second kappa shape index (κ2) is 6.03. The van der Waals surface area contributed by atoms with Crippen molar-refractivity contribution in [3.8, 4) is 5.75 Å². The van der Waals surface area contributed by atoms with Crippen molar-refractivity contribution >= 4 is 0 Å². The van der Waals surface area contributed by atoms with Gasteiger partial charge in [0.2, 0.25) is 0 Å². The fraction of sp³-hybridized carbons (Fsp3) is 0.571. The molecule has 2 rings (SSSR count). The van der Waals surface area contributed by atoms with Crippen molar-refractivity contribution in [3.63, 3.8) is 0 Å². The van der Waals surface area contributed by atoms with Crippen molar-refractivity contribution in [2.24, 2.45) is 0 Å². The standard InChI is InChI=1S/C14H21NO2/c1-11(15-10-14-4-3-9-17-14)12-5-7-13(16-2)8-6-12/h5-8,11,14-15H,3-4,9-10H2,1-2H3/t11-,14+/m0/s1. The van der Waals surface area contributed by atoms with Crippen LogP contribution in [0.4, 0.5) is 0 Å². The lowest BCUT2D eigenvalue weighted by atomic mass is 10.1. The zero-order chi connectivity index (χ0) is 12.1. The van der Waals surface area contributed by atoms with E-state index in [-0.39, 0.29) is 0 Å². The summed E-state index contributed by atoms with van der Waals surface area (Å²) in [6.07, 6.45) is 2.78. The van der Waals surface area contributed by atoms with Crippen LogP contribution in [0.1, 0.15) is 31.4 Å². The first-order valence-electron chi connectivity index (χ1n) is 6.28. The van der Waals surface area contributed by atoms with Gasteiger partial charge in [0.25, 0.3) is 0 Å². The van der Waals surface area contributed by atoms with Gasteiger partial charge < -0.3 is 14.8 Å². The number of benzene rings is 1. The third-order valence-electron chi connectivity index (χ3n) is 3.29. The molecule has 1 heterocycles. The average molecular weight is 235 g/mol. The Hall–Kier alpha value is -1.06. The Kier molecular flexibility index (Phi) is 4.40. The third-order valence-corrected chi connectivity index (χ3v) is 3.29. The average Bonchev–Trinajstić information content (AvgIpc) is 2.89. The van der Waals surface area contributed by atoms with Crippen LogP contribution >= 0.6 is 0 Å². The summed E-state index contributed by atoms with van der Waals surface area (Å²) in [7, 11) is 1.69. The monoisotopic (exact) mass is 235 g/mol. The van der Waals surface area contributed by atoms with Crippen LogP contribution in [0.15, 0.2) is 24.3 Å². The molecule has 3 nitrogen and oxygen atoms in total. The van der Waals surface area contributed by atoms with E-state index in [9.17, 15) is 0 Å². The van der Waals surface area contributed by atoms with Crippen molar-refractivity contribution < 1.29 is 9.47 Å². The Morgan fingerprint density at radius 2 is 2.18 bits per heavy atom. The highest BCUT2D eigenvalue weighted by Gasteiger charge is 2.16. The van der Waals surface area contributed by atoms with E-state index in [0.717, 1.165) is 18.9 Å². The van der Waals surface area contributed by atoms with Gasteiger partial charge in [0.05, 0.1) is 13.2 Å². The molecule has 17 heavy (non-hydrogen) atoms. The lowest BCUT2D eigenvalue weighted by Crippen LogP contribution is -2.28. The van der Waals surface area contributed by atoms with E-state index in [2.05, 4.69) is 24.4 Å². The first kappa shape index (κ1) is 12.4. The maximum Gasteiger partial charge on any atom is 0.118 e. The molecule has 1 aromatic carbocycles. The predicted molar refractivity (Wildman–Crippen MR) is 68.4 cm³/mol. The van der Waals surface area contributed by atoms with Crippen molar-refractivity contribution in [2.45, 2.75) is 31.9 Å². The van der Waals surface area contributed by atoms with E-state index in [1.54, 1.807) is 7.11 Å². The molecule has 2 atom stereocenters. The van der Waals surface area contributed by atoms with Crippen LogP contribution in [0.2, 0.25) is 0 Å². The Bertz CT molecular complexity index is 331. The summed E-state index contributed by atoms with van der Waals surface area (Å²) >= 11 is 0. The molecular formula is C14H21NO2. The largest absolute Gasteiger partial charge is 0.497 e. The van der Waals surface area contributed by atoms with Crippen LogP contribution in [0.3, 0.4) is 0 Å². The Morgan fingerprint density at radius 1 is 1.41 bits per heavy atom. The molecular weight excluding hydrogens is 214 g/mol. The summed E-state index contributed by atoms with van der Waals surface area (Å²) in [6.45, 7) is 4.03.